The number of rotatable bonds is 5. The van der Waals surface area contributed by atoms with Crippen LogP contribution in [0.3, 0.4) is 0 Å². The van der Waals surface area contributed by atoms with E-state index in [9.17, 15) is 13.6 Å². The van der Waals surface area contributed by atoms with E-state index in [1.165, 1.54) is 36.6 Å². The zero-order chi connectivity index (χ0) is 17.1. The van der Waals surface area contributed by atoms with Crippen molar-refractivity contribution in [3.05, 3.63) is 51.8 Å². The summed E-state index contributed by atoms with van der Waals surface area (Å²) in [6.45, 7) is -2.97. The van der Waals surface area contributed by atoms with E-state index in [-0.39, 0.29) is 23.1 Å². The Hall–Kier alpha value is -2.74. The summed E-state index contributed by atoms with van der Waals surface area (Å²) in [6.07, 6.45) is 1.61. The van der Waals surface area contributed by atoms with Crippen LogP contribution in [0.2, 0.25) is 0 Å². The standard InChI is InChI=1S/C16H11F2NO4S/c1-21-13-7-10(2-3-12(13)22-16(17)18)14-19-11(15(20)23-14)6-9-4-5-24-8-9/h2-8,16H,1H3. The molecule has 2 heterocycles. The van der Waals surface area contributed by atoms with Crippen molar-refractivity contribution in [1.29, 1.82) is 0 Å². The van der Waals surface area contributed by atoms with E-state index >= 15 is 0 Å². The Bertz CT molecular complexity index is 815. The second-order valence-electron chi connectivity index (χ2n) is 4.64. The highest BCUT2D eigenvalue weighted by Crippen LogP contribution is 2.31. The number of benzene rings is 1. The molecule has 1 aromatic carbocycles. The topological polar surface area (TPSA) is 57.1 Å². The van der Waals surface area contributed by atoms with Crippen molar-refractivity contribution in [2.24, 2.45) is 4.99 Å². The van der Waals surface area contributed by atoms with Gasteiger partial charge in [0, 0.05) is 5.56 Å². The fourth-order valence-electron chi connectivity index (χ4n) is 2.04. The minimum atomic E-state index is -2.97. The average molecular weight is 351 g/mol. The molecule has 1 aromatic heterocycles. The van der Waals surface area contributed by atoms with E-state index < -0.39 is 12.6 Å². The van der Waals surface area contributed by atoms with E-state index in [0.717, 1.165) is 5.56 Å². The van der Waals surface area contributed by atoms with Gasteiger partial charge in [0.05, 0.1) is 7.11 Å². The quantitative estimate of drug-likeness (QED) is 0.609. The minimum Gasteiger partial charge on any atom is -0.493 e. The van der Waals surface area contributed by atoms with Crippen LogP contribution in [0.25, 0.3) is 6.08 Å². The van der Waals surface area contributed by atoms with E-state index in [1.807, 2.05) is 16.8 Å². The first-order chi connectivity index (χ1) is 11.6. The third kappa shape index (κ3) is 3.43. The fourth-order valence-corrected chi connectivity index (χ4v) is 2.66. The molecule has 0 aliphatic carbocycles. The van der Waals surface area contributed by atoms with E-state index in [1.54, 1.807) is 6.08 Å². The van der Waals surface area contributed by atoms with Crippen LogP contribution in [0.5, 0.6) is 11.5 Å². The van der Waals surface area contributed by atoms with Gasteiger partial charge < -0.3 is 14.2 Å². The number of alkyl halides is 2. The molecule has 0 atom stereocenters. The van der Waals surface area contributed by atoms with Crippen LogP contribution in [0, 0.1) is 0 Å². The number of hydrogen-bond acceptors (Lipinski definition) is 6. The lowest BCUT2D eigenvalue weighted by molar-refractivity contribution is -0.129. The van der Waals surface area contributed by atoms with Crippen molar-refractivity contribution >= 4 is 29.3 Å². The number of methoxy groups -OCH3 is 1. The number of ether oxygens (including phenoxy) is 3. The van der Waals surface area contributed by atoms with Crippen molar-refractivity contribution in [3.63, 3.8) is 0 Å². The third-order valence-electron chi connectivity index (χ3n) is 3.09. The van der Waals surface area contributed by atoms with Crippen LogP contribution in [-0.2, 0) is 9.53 Å². The largest absolute Gasteiger partial charge is 0.493 e. The molecule has 0 spiro atoms. The maximum Gasteiger partial charge on any atom is 0.387 e. The third-order valence-corrected chi connectivity index (χ3v) is 3.80. The van der Waals surface area contributed by atoms with E-state index in [4.69, 9.17) is 9.47 Å². The second kappa shape index (κ2) is 6.79. The van der Waals surface area contributed by atoms with Crippen LogP contribution in [0.4, 0.5) is 8.78 Å². The minimum absolute atomic E-state index is 0.0726. The zero-order valence-corrected chi connectivity index (χ0v) is 13.2. The highest BCUT2D eigenvalue weighted by Gasteiger charge is 2.25. The molecule has 124 valence electrons. The Morgan fingerprint density at radius 2 is 2.12 bits per heavy atom. The molecule has 2 aromatic rings. The predicted octanol–water partition coefficient (Wildman–Crippen LogP) is 3.70. The smallest absolute Gasteiger partial charge is 0.387 e. The molecule has 0 N–H and O–H groups in total. The average Bonchev–Trinajstić information content (AvgIpc) is 3.18. The lowest BCUT2D eigenvalue weighted by atomic mass is 10.2. The highest BCUT2D eigenvalue weighted by molar-refractivity contribution is 7.08. The summed E-state index contributed by atoms with van der Waals surface area (Å²) in [7, 11) is 1.32. The van der Waals surface area contributed by atoms with Gasteiger partial charge in [-0.05, 0) is 46.7 Å². The summed E-state index contributed by atoms with van der Waals surface area (Å²) < 4.78 is 39.2. The molecule has 8 heteroatoms. The lowest BCUT2D eigenvalue weighted by Gasteiger charge is -2.10. The number of aliphatic imine (C=N–C) groups is 1. The van der Waals surface area contributed by atoms with Crippen molar-refractivity contribution in [2.45, 2.75) is 6.61 Å². The maximum absolute atomic E-state index is 12.3. The molecule has 0 amide bonds. The molecular formula is C16H11F2NO4S. The number of esters is 1. The van der Waals surface area contributed by atoms with Crippen molar-refractivity contribution in [2.75, 3.05) is 7.11 Å². The Balaban J connectivity index is 1.90. The van der Waals surface area contributed by atoms with Crippen molar-refractivity contribution in [3.8, 4) is 11.5 Å². The van der Waals surface area contributed by atoms with Gasteiger partial charge in [0.15, 0.2) is 17.2 Å². The van der Waals surface area contributed by atoms with Gasteiger partial charge >= 0.3 is 12.6 Å². The van der Waals surface area contributed by atoms with Gasteiger partial charge in [0.2, 0.25) is 5.90 Å². The number of carbonyl (C=O) groups excluding carboxylic acids is 1. The predicted molar refractivity (Wildman–Crippen MR) is 84.6 cm³/mol. The van der Waals surface area contributed by atoms with Gasteiger partial charge in [-0.25, -0.2) is 9.79 Å². The van der Waals surface area contributed by atoms with Crippen LogP contribution in [0.1, 0.15) is 11.1 Å². The number of halogens is 2. The molecule has 3 rings (SSSR count). The summed E-state index contributed by atoms with van der Waals surface area (Å²) in [5.74, 6) is -0.538. The summed E-state index contributed by atoms with van der Waals surface area (Å²) in [5.41, 5.74) is 1.42. The summed E-state index contributed by atoms with van der Waals surface area (Å²) >= 11 is 1.50. The highest BCUT2D eigenvalue weighted by atomic mass is 32.1. The normalized spacial score (nSPS) is 15.6. The molecule has 0 saturated heterocycles. The van der Waals surface area contributed by atoms with E-state index in [2.05, 4.69) is 9.73 Å². The molecule has 1 aliphatic heterocycles. The second-order valence-corrected chi connectivity index (χ2v) is 5.42. The van der Waals surface area contributed by atoms with Crippen LogP contribution < -0.4 is 9.47 Å². The van der Waals surface area contributed by atoms with Crippen LogP contribution >= 0.6 is 11.3 Å². The molecule has 0 radical (unpaired) electrons. The number of hydrogen-bond donors (Lipinski definition) is 0. The Labute approximate surface area is 139 Å². The Morgan fingerprint density at radius 3 is 2.79 bits per heavy atom. The maximum atomic E-state index is 12.3. The number of carbonyl (C=O) groups is 1. The first kappa shape index (κ1) is 16.1. The van der Waals surface area contributed by atoms with Crippen LogP contribution in [-0.4, -0.2) is 25.6 Å². The van der Waals surface area contributed by atoms with Gasteiger partial charge in [-0.15, -0.1) is 0 Å². The molecule has 0 bridgehead atoms. The zero-order valence-electron chi connectivity index (χ0n) is 12.4. The van der Waals surface area contributed by atoms with E-state index in [0.29, 0.717) is 5.56 Å². The Kier molecular flexibility index (Phi) is 4.57. The summed E-state index contributed by atoms with van der Waals surface area (Å²) in [4.78, 5) is 16.0. The molecular weight excluding hydrogens is 340 g/mol. The fraction of sp³-hybridized carbons (Fsp3) is 0.125. The van der Waals surface area contributed by atoms with Gasteiger partial charge in [-0.1, -0.05) is 0 Å². The van der Waals surface area contributed by atoms with Crippen molar-refractivity contribution < 1.29 is 27.8 Å². The summed E-state index contributed by atoms with van der Waals surface area (Å²) in [6, 6.07) is 6.02. The molecule has 5 nitrogen and oxygen atoms in total. The number of cyclic esters (lactones) is 1. The molecule has 0 unspecified atom stereocenters. The van der Waals surface area contributed by atoms with Gasteiger partial charge in [0.1, 0.15) is 0 Å². The van der Waals surface area contributed by atoms with Gasteiger partial charge in [0.25, 0.3) is 0 Å². The lowest BCUT2D eigenvalue weighted by Crippen LogP contribution is -2.07. The number of thiophene rings is 1. The summed E-state index contributed by atoms with van der Waals surface area (Å²) in [5, 5.41) is 3.75. The monoisotopic (exact) mass is 351 g/mol. The van der Waals surface area contributed by atoms with Crippen molar-refractivity contribution in [1.82, 2.24) is 0 Å². The molecule has 0 fully saturated rings. The molecule has 0 saturated carbocycles. The Morgan fingerprint density at radius 1 is 1.29 bits per heavy atom. The van der Waals surface area contributed by atoms with Gasteiger partial charge in [-0.3, -0.25) is 0 Å². The SMILES string of the molecule is COc1cc(C2=NC(=Cc3ccsc3)C(=O)O2)ccc1OC(F)F. The first-order valence-electron chi connectivity index (χ1n) is 6.75. The van der Waals surface area contributed by atoms with Crippen LogP contribution in [0.15, 0.2) is 45.7 Å². The molecule has 1 aliphatic rings. The van der Waals surface area contributed by atoms with Gasteiger partial charge in [-0.2, -0.15) is 20.1 Å². The first-order valence-corrected chi connectivity index (χ1v) is 7.69. The number of nitrogens with zero attached hydrogens (tertiary/aromatic N) is 1. The molecule has 24 heavy (non-hydrogen) atoms.